The third-order valence-electron chi connectivity index (χ3n) is 12.4. The van der Waals surface area contributed by atoms with Crippen molar-refractivity contribution in [1.29, 1.82) is 0 Å². The summed E-state index contributed by atoms with van der Waals surface area (Å²) in [6.07, 6.45) is 2.58. The molecule has 5 heteroatoms. The maximum Gasteiger partial charge on any atom is 2.00 e. The van der Waals surface area contributed by atoms with Crippen molar-refractivity contribution in [3.8, 4) is 44.5 Å². The molecular weight excluding hydrogens is 867 g/mol. The van der Waals surface area contributed by atoms with Gasteiger partial charge >= 0.3 is 16.5 Å². The summed E-state index contributed by atoms with van der Waals surface area (Å²) in [5.41, 5.74) is 21.5. The Morgan fingerprint density at radius 2 is 0.552 bits per heavy atom. The molecule has 0 bridgehead atoms. The van der Waals surface area contributed by atoms with Gasteiger partial charge in [0.25, 0.3) is 0 Å². The number of hydrogen-bond donors (Lipinski definition) is 0. The van der Waals surface area contributed by atoms with Crippen molar-refractivity contribution in [1.82, 2.24) is 0 Å². The number of carbonyl (C=O) groups excluding carboxylic acids is 2. The number of aryl methyl sites for hydroxylation is 12. The van der Waals surface area contributed by atoms with Crippen LogP contribution in [-0.4, -0.2) is 11.6 Å². The van der Waals surface area contributed by atoms with E-state index in [2.05, 4.69) is 132 Å². The van der Waals surface area contributed by atoms with Crippen LogP contribution in [0.25, 0.3) is 56.0 Å². The first-order chi connectivity index (χ1) is 30.6. The first kappa shape index (κ1) is 53.8. The first-order valence-electron chi connectivity index (χ1n) is 23.1. The fourth-order valence-corrected chi connectivity index (χ4v) is 9.70. The molecule has 67 heavy (non-hydrogen) atoms. The predicted molar refractivity (Wildman–Crippen MR) is 276 cm³/mol. The van der Waals surface area contributed by atoms with E-state index in [4.69, 9.17) is 0 Å². The molecule has 0 spiro atoms. The number of carbonyl (C=O) groups is 2. The molecule has 6 rings (SSSR count). The topological polar surface area (TPSA) is 80.3 Å². The molecule has 0 amide bonds. The van der Waals surface area contributed by atoms with Gasteiger partial charge in [-0.15, -0.1) is 0 Å². The molecule has 0 atom stereocenters. The molecule has 0 fully saturated rings. The molecule has 0 aliphatic carbocycles. The minimum Gasteiger partial charge on any atom is -0.872 e. The molecule has 4 nitrogen and oxygen atoms in total. The molecular formula is C62H70NiO4. The number of ketones is 2. The third-order valence-corrected chi connectivity index (χ3v) is 12.4. The number of hydrogen-bond acceptors (Lipinski definition) is 4. The van der Waals surface area contributed by atoms with Crippen LogP contribution in [0.4, 0.5) is 0 Å². The Labute approximate surface area is 412 Å². The maximum absolute atomic E-state index is 13.8. The van der Waals surface area contributed by atoms with Gasteiger partial charge in [-0.25, -0.2) is 0 Å². The summed E-state index contributed by atoms with van der Waals surface area (Å²) < 4.78 is 0. The average molecular weight is 938 g/mol. The van der Waals surface area contributed by atoms with Crippen LogP contribution in [0.15, 0.2) is 97.1 Å². The summed E-state index contributed by atoms with van der Waals surface area (Å²) in [6, 6.07) is 29.3. The standard InChI is InChI=1S/2C31H36O2.Ni/c2*1-18-13-20(3)28(21(4)14-18)24-11-10-12-25(29-22(5)15-19(2)16-23(29)6)30(24)26(32)17-27(33)31(7,8)9;/h2*10-17,32H,1-9H3;/q;;+2/p-2/b2*26-17-;. The number of allylic oxidation sites excluding steroid dienone is 2. The Bertz CT molecular complexity index is 2500. The zero-order valence-corrected chi connectivity index (χ0v) is 44.2. The largest absolute Gasteiger partial charge is 2.00 e. The van der Waals surface area contributed by atoms with Crippen LogP contribution in [0.1, 0.15) is 119 Å². The average Bonchev–Trinajstić information content (AvgIpc) is 3.16. The van der Waals surface area contributed by atoms with Crippen molar-refractivity contribution >= 4 is 23.1 Å². The fourth-order valence-electron chi connectivity index (χ4n) is 9.70. The molecule has 0 saturated heterocycles. The quantitative estimate of drug-likeness (QED) is 0.0865. The van der Waals surface area contributed by atoms with E-state index < -0.39 is 10.8 Å². The van der Waals surface area contributed by atoms with Crippen molar-refractivity contribution in [2.24, 2.45) is 10.8 Å². The minimum absolute atomic E-state index is 0. The summed E-state index contributed by atoms with van der Waals surface area (Å²) in [5, 5.41) is 27.6. The predicted octanol–water partition coefficient (Wildman–Crippen LogP) is 14.4. The van der Waals surface area contributed by atoms with Crippen LogP contribution in [0.2, 0.25) is 0 Å². The third kappa shape index (κ3) is 12.0. The van der Waals surface area contributed by atoms with Gasteiger partial charge in [-0.3, -0.25) is 9.59 Å². The Morgan fingerprint density at radius 3 is 0.716 bits per heavy atom. The zero-order valence-electron chi connectivity index (χ0n) is 43.2. The van der Waals surface area contributed by atoms with E-state index in [1.54, 1.807) is 0 Å². The maximum atomic E-state index is 13.8. The molecule has 0 N–H and O–H groups in total. The SMILES string of the molecule is Cc1cc(C)c(-c2cccc(-c3c(C)cc(C)cc3C)c2/C([O-])=C/C(=O)C(C)(C)C)c(C)c1.Cc1cc(C)c(-c2cccc(-c3c(C)cc(C)cc3C)c2/C([O-])=C/C(=O)C(C)(C)C)c(C)c1.[Ni+2]. The van der Waals surface area contributed by atoms with Crippen molar-refractivity contribution in [3.63, 3.8) is 0 Å². The van der Waals surface area contributed by atoms with Crippen LogP contribution >= 0.6 is 0 Å². The van der Waals surface area contributed by atoms with E-state index in [-0.39, 0.29) is 39.6 Å². The molecule has 0 aromatic heterocycles. The van der Waals surface area contributed by atoms with Gasteiger partial charge in [-0.2, -0.15) is 0 Å². The molecule has 0 aliphatic rings. The number of benzene rings is 6. The van der Waals surface area contributed by atoms with Gasteiger partial charge < -0.3 is 10.2 Å². The molecule has 0 heterocycles. The first-order valence-corrected chi connectivity index (χ1v) is 23.1. The normalized spacial score (nSPS) is 12.0. The Kier molecular flexibility index (Phi) is 16.9. The fraction of sp³-hybridized carbons (Fsp3) is 0.323. The van der Waals surface area contributed by atoms with E-state index >= 15 is 0 Å². The van der Waals surface area contributed by atoms with Gasteiger partial charge in [-0.1, -0.05) is 160 Å². The van der Waals surface area contributed by atoms with Crippen molar-refractivity contribution in [3.05, 3.63) is 175 Å². The van der Waals surface area contributed by atoms with Crippen LogP contribution in [-0.2, 0) is 26.1 Å². The van der Waals surface area contributed by atoms with E-state index in [0.29, 0.717) is 11.1 Å². The monoisotopic (exact) mass is 936 g/mol. The van der Waals surface area contributed by atoms with E-state index in [1.807, 2.05) is 77.9 Å². The number of rotatable bonds is 8. The summed E-state index contributed by atoms with van der Waals surface area (Å²) in [7, 11) is 0. The molecule has 352 valence electrons. The summed E-state index contributed by atoms with van der Waals surface area (Å²) >= 11 is 0. The van der Waals surface area contributed by atoms with Gasteiger partial charge in [0.1, 0.15) is 0 Å². The van der Waals surface area contributed by atoms with Gasteiger partial charge in [0.15, 0.2) is 11.6 Å². The molecule has 6 aromatic rings. The Morgan fingerprint density at radius 1 is 0.373 bits per heavy atom. The van der Waals surface area contributed by atoms with Gasteiger partial charge in [0.05, 0.1) is 0 Å². The second-order valence-corrected chi connectivity index (χ2v) is 20.8. The molecule has 0 aliphatic heterocycles. The van der Waals surface area contributed by atoms with E-state index in [9.17, 15) is 19.8 Å². The smallest absolute Gasteiger partial charge is 0.872 e. The van der Waals surface area contributed by atoms with Gasteiger partial charge in [0.2, 0.25) is 0 Å². The van der Waals surface area contributed by atoms with Crippen LogP contribution in [0.5, 0.6) is 0 Å². The van der Waals surface area contributed by atoms with Crippen LogP contribution < -0.4 is 10.2 Å². The zero-order chi connectivity index (χ0) is 49.3. The molecule has 6 aromatic carbocycles. The van der Waals surface area contributed by atoms with Gasteiger partial charge in [-0.05, 0) is 195 Å². The molecule has 0 unspecified atom stereocenters. The minimum atomic E-state index is -0.615. The van der Waals surface area contributed by atoms with Crippen molar-refractivity contribution in [2.45, 2.75) is 125 Å². The summed E-state index contributed by atoms with van der Waals surface area (Å²) in [6.45, 7) is 36.1. The second-order valence-electron chi connectivity index (χ2n) is 20.8. The van der Waals surface area contributed by atoms with Crippen LogP contribution in [0.3, 0.4) is 0 Å². The Balaban J connectivity index is 0.000000288. The van der Waals surface area contributed by atoms with Crippen molar-refractivity contribution in [2.75, 3.05) is 0 Å². The summed E-state index contributed by atoms with van der Waals surface area (Å²) in [4.78, 5) is 25.6. The molecule has 0 saturated carbocycles. The van der Waals surface area contributed by atoms with Crippen LogP contribution in [0, 0.1) is 93.9 Å². The van der Waals surface area contributed by atoms with E-state index in [1.165, 1.54) is 34.4 Å². The van der Waals surface area contributed by atoms with Crippen molar-refractivity contribution < 1.29 is 36.3 Å². The summed E-state index contributed by atoms with van der Waals surface area (Å²) in [5.74, 6) is -0.801. The van der Waals surface area contributed by atoms with E-state index in [0.717, 1.165) is 89.0 Å². The van der Waals surface area contributed by atoms with Gasteiger partial charge in [0, 0.05) is 10.8 Å². The molecule has 0 radical (unpaired) electrons. The second kappa shape index (κ2) is 21.0. The Hall–Kier alpha value is -5.77.